The van der Waals surface area contributed by atoms with Crippen LogP contribution in [-0.4, -0.2) is 35.2 Å². The van der Waals surface area contributed by atoms with Gasteiger partial charge in [-0.15, -0.1) is 5.10 Å². The Morgan fingerprint density at radius 3 is 3.00 bits per heavy atom. The van der Waals surface area contributed by atoms with E-state index < -0.39 is 0 Å². The zero-order valence-electron chi connectivity index (χ0n) is 6.66. The molecule has 0 atom stereocenters. The average molecular weight is 197 g/mol. The van der Waals surface area contributed by atoms with Gasteiger partial charge >= 0.3 is 0 Å². The van der Waals surface area contributed by atoms with E-state index in [2.05, 4.69) is 25.8 Å². The molecule has 0 aliphatic heterocycles. The van der Waals surface area contributed by atoms with Crippen molar-refractivity contribution in [1.82, 2.24) is 35.2 Å². The summed E-state index contributed by atoms with van der Waals surface area (Å²) in [5, 5.41) is 17.4. The summed E-state index contributed by atoms with van der Waals surface area (Å²) in [6.45, 7) is 1.35. The van der Waals surface area contributed by atoms with E-state index in [-0.39, 0.29) is 0 Å². The smallest absolute Gasteiger partial charge is 0.238 e. The molecule has 0 bridgehead atoms. The van der Waals surface area contributed by atoms with Gasteiger partial charge in [-0.3, -0.25) is 4.68 Å². The fourth-order valence-corrected chi connectivity index (χ4v) is 1.09. The largest absolute Gasteiger partial charge is 0.251 e. The Balaban J connectivity index is 2.01. The third kappa shape index (κ3) is 1.78. The first kappa shape index (κ1) is 8.05. The Bertz CT molecular complexity index is 412. The maximum atomic E-state index is 4.89. The number of tetrazole rings is 1. The number of H-pyrrole nitrogens is 1. The summed E-state index contributed by atoms with van der Waals surface area (Å²) < 4.78 is 3.82. The van der Waals surface area contributed by atoms with Gasteiger partial charge in [0.05, 0.1) is 19.3 Å². The number of aromatic nitrogens is 7. The molecule has 0 aliphatic rings. The zero-order chi connectivity index (χ0) is 9.10. The molecule has 2 aromatic rings. The lowest BCUT2D eigenvalue weighted by molar-refractivity contribution is 0.477. The molecule has 13 heavy (non-hydrogen) atoms. The second-order valence-electron chi connectivity index (χ2n) is 2.40. The Kier molecular flexibility index (Phi) is 2.13. The molecule has 68 valence electrons. The van der Waals surface area contributed by atoms with Gasteiger partial charge in [-0.1, -0.05) is 15.5 Å². The van der Waals surface area contributed by atoms with Crippen LogP contribution in [0.25, 0.3) is 0 Å². The maximum Gasteiger partial charge on any atom is 0.238 e. The van der Waals surface area contributed by atoms with Crippen LogP contribution in [0.4, 0.5) is 0 Å². The summed E-state index contributed by atoms with van der Waals surface area (Å²) in [5.74, 6) is 0. The van der Waals surface area contributed by atoms with Gasteiger partial charge in [0.25, 0.3) is 0 Å². The lowest BCUT2D eigenvalue weighted by atomic mass is 10.6. The highest BCUT2D eigenvalue weighted by Crippen LogP contribution is 1.87. The molecular formula is C5H7N7S. The van der Waals surface area contributed by atoms with Crippen molar-refractivity contribution in [3.8, 4) is 0 Å². The van der Waals surface area contributed by atoms with Gasteiger partial charge in [0.15, 0.2) is 0 Å². The minimum absolute atomic E-state index is 0.445. The quantitative estimate of drug-likeness (QED) is 0.679. The van der Waals surface area contributed by atoms with Crippen LogP contribution in [0.1, 0.15) is 0 Å². The van der Waals surface area contributed by atoms with Crippen LogP contribution in [0, 0.1) is 4.77 Å². The van der Waals surface area contributed by atoms with Gasteiger partial charge in [-0.2, -0.15) is 5.21 Å². The number of nitrogens with zero attached hydrogens (tertiary/aromatic N) is 6. The third-order valence-corrected chi connectivity index (χ3v) is 1.86. The minimum Gasteiger partial charge on any atom is -0.251 e. The molecule has 0 aromatic carbocycles. The molecule has 8 heteroatoms. The van der Waals surface area contributed by atoms with E-state index in [1.807, 2.05) is 0 Å². The highest BCUT2D eigenvalue weighted by atomic mass is 32.1. The Labute approximate surface area is 78.4 Å². The average Bonchev–Trinajstić information content (AvgIpc) is 2.72. The molecule has 0 saturated heterocycles. The molecule has 0 fully saturated rings. The number of hydrogen-bond acceptors (Lipinski definition) is 5. The Morgan fingerprint density at radius 1 is 1.46 bits per heavy atom. The van der Waals surface area contributed by atoms with Crippen LogP contribution in [0.3, 0.4) is 0 Å². The highest BCUT2D eigenvalue weighted by Gasteiger charge is 1.95. The lowest BCUT2D eigenvalue weighted by Crippen LogP contribution is -2.09. The molecular weight excluding hydrogens is 190 g/mol. The van der Waals surface area contributed by atoms with Crippen molar-refractivity contribution in [3.63, 3.8) is 0 Å². The number of rotatable bonds is 3. The fraction of sp³-hybridized carbons (Fsp3) is 0.400. The van der Waals surface area contributed by atoms with Crippen LogP contribution in [0.15, 0.2) is 12.4 Å². The van der Waals surface area contributed by atoms with Crippen LogP contribution in [0.2, 0.25) is 0 Å². The van der Waals surface area contributed by atoms with Crippen molar-refractivity contribution >= 4 is 12.2 Å². The molecule has 0 saturated carbocycles. The minimum atomic E-state index is 0.445. The second kappa shape index (κ2) is 3.44. The molecule has 0 amide bonds. The maximum absolute atomic E-state index is 4.89. The first-order valence-corrected chi connectivity index (χ1v) is 4.09. The van der Waals surface area contributed by atoms with E-state index >= 15 is 0 Å². The first-order chi connectivity index (χ1) is 6.36. The van der Waals surface area contributed by atoms with Crippen molar-refractivity contribution in [2.24, 2.45) is 0 Å². The normalized spacial score (nSPS) is 10.5. The van der Waals surface area contributed by atoms with Gasteiger partial charge in [0, 0.05) is 6.20 Å². The van der Waals surface area contributed by atoms with Crippen LogP contribution >= 0.6 is 12.2 Å². The van der Waals surface area contributed by atoms with E-state index in [1.54, 1.807) is 21.8 Å². The number of aromatic amines is 1. The summed E-state index contributed by atoms with van der Waals surface area (Å²) in [4.78, 5) is 0. The molecule has 1 N–H and O–H groups in total. The highest BCUT2D eigenvalue weighted by molar-refractivity contribution is 7.71. The molecule has 7 nitrogen and oxygen atoms in total. The van der Waals surface area contributed by atoms with Crippen LogP contribution in [0.5, 0.6) is 0 Å². The van der Waals surface area contributed by atoms with Crippen molar-refractivity contribution < 1.29 is 0 Å². The second-order valence-corrected chi connectivity index (χ2v) is 2.77. The zero-order valence-corrected chi connectivity index (χ0v) is 7.48. The van der Waals surface area contributed by atoms with E-state index in [0.29, 0.717) is 17.9 Å². The van der Waals surface area contributed by atoms with Gasteiger partial charge in [0.2, 0.25) is 4.77 Å². The van der Waals surface area contributed by atoms with E-state index in [9.17, 15) is 0 Å². The Hall–Kier alpha value is -1.57. The van der Waals surface area contributed by atoms with Crippen LogP contribution in [-0.2, 0) is 13.1 Å². The van der Waals surface area contributed by atoms with Gasteiger partial charge in [-0.25, -0.2) is 4.68 Å². The SMILES string of the molecule is S=c1nn[nH]n1CCn1ccnn1. The summed E-state index contributed by atoms with van der Waals surface area (Å²) in [5.41, 5.74) is 0. The summed E-state index contributed by atoms with van der Waals surface area (Å²) in [6, 6.07) is 0. The summed E-state index contributed by atoms with van der Waals surface area (Å²) >= 11 is 4.89. The van der Waals surface area contributed by atoms with Crippen molar-refractivity contribution in [2.75, 3.05) is 0 Å². The molecule has 0 aliphatic carbocycles. The van der Waals surface area contributed by atoms with Gasteiger partial charge < -0.3 is 0 Å². The fourth-order valence-electron chi connectivity index (χ4n) is 0.916. The monoisotopic (exact) mass is 197 g/mol. The lowest BCUT2D eigenvalue weighted by Gasteiger charge is -1.99. The number of nitrogens with one attached hydrogen (secondary N) is 1. The predicted molar refractivity (Wildman–Crippen MR) is 45.2 cm³/mol. The van der Waals surface area contributed by atoms with Crippen molar-refractivity contribution in [3.05, 3.63) is 17.2 Å². The summed E-state index contributed by atoms with van der Waals surface area (Å²) in [7, 11) is 0. The van der Waals surface area contributed by atoms with Crippen LogP contribution < -0.4 is 0 Å². The third-order valence-electron chi connectivity index (χ3n) is 1.56. The summed E-state index contributed by atoms with van der Waals surface area (Å²) in [6.07, 6.45) is 3.41. The van der Waals surface area contributed by atoms with E-state index in [1.165, 1.54) is 0 Å². The standard InChI is InChI=1S/C5H7N7S/c13-5-7-8-10-12(5)4-3-11-2-1-6-9-11/h1-2H,3-4H2,(H,7,10,13). The Morgan fingerprint density at radius 2 is 2.38 bits per heavy atom. The molecule has 2 heterocycles. The number of aryl methyl sites for hydroxylation is 2. The van der Waals surface area contributed by atoms with Crippen molar-refractivity contribution in [2.45, 2.75) is 13.1 Å². The van der Waals surface area contributed by atoms with Gasteiger partial charge in [-0.05, 0) is 12.2 Å². The molecule has 2 aromatic heterocycles. The molecule has 2 rings (SSSR count). The molecule has 0 spiro atoms. The molecule has 0 unspecified atom stereocenters. The van der Waals surface area contributed by atoms with Crippen molar-refractivity contribution in [1.29, 1.82) is 0 Å². The van der Waals surface area contributed by atoms with Gasteiger partial charge in [0.1, 0.15) is 0 Å². The molecule has 0 radical (unpaired) electrons. The predicted octanol–water partition coefficient (Wildman–Crippen LogP) is -0.373. The number of hydrogen-bond donors (Lipinski definition) is 1. The first-order valence-electron chi connectivity index (χ1n) is 3.68. The topological polar surface area (TPSA) is 77.2 Å². The van der Waals surface area contributed by atoms with E-state index in [0.717, 1.165) is 0 Å². The van der Waals surface area contributed by atoms with E-state index in [4.69, 9.17) is 12.2 Å².